The maximum atomic E-state index is 13.8. The minimum atomic E-state index is -0.853. The molecule has 1 aliphatic heterocycles. The third-order valence-corrected chi connectivity index (χ3v) is 3.78. The van der Waals surface area contributed by atoms with Crippen LogP contribution in [0.4, 0.5) is 20.2 Å². The molecule has 2 N–H and O–H groups in total. The summed E-state index contributed by atoms with van der Waals surface area (Å²) >= 11 is 0. The molecule has 0 saturated carbocycles. The topological polar surface area (TPSA) is 46.3 Å². The molecule has 0 saturated heterocycles. The minimum Gasteiger partial charge on any atom is -0.398 e. The number of nitrogens with two attached hydrogens (primary N) is 1. The second-order valence-electron chi connectivity index (χ2n) is 5.14. The number of hydrogen-bond acceptors (Lipinski definition) is 2. The lowest BCUT2D eigenvalue weighted by Crippen LogP contribution is -2.30. The van der Waals surface area contributed by atoms with Crippen LogP contribution in [-0.4, -0.2) is 12.5 Å². The largest absolute Gasteiger partial charge is 0.398 e. The van der Waals surface area contributed by atoms with Gasteiger partial charge in [0.2, 0.25) is 0 Å². The van der Waals surface area contributed by atoms with E-state index in [-0.39, 0.29) is 0 Å². The Balaban J connectivity index is 2.05. The van der Waals surface area contributed by atoms with Crippen molar-refractivity contribution in [3.8, 4) is 0 Å². The van der Waals surface area contributed by atoms with Crippen molar-refractivity contribution in [3.05, 3.63) is 58.7 Å². The number of benzene rings is 2. The zero-order valence-corrected chi connectivity index (χ0v) is 11.5. The summed E-state index contributed by atoms with van der Waals surface area (Å²) in [6.45, 7) is 2.28. The molecule has 0 atom stereocenters. The van der Waals surface area contributed by atoms with Gasteiger partial charge < -0.3 is 10.6 Å². The van der Waals surface area contributed by atoms with E-state index in [1.165, 1.54) is 11.0 Å². The first kappa shape index (κ1) is 13.5. The van der Waals surface area contributed by atoms with Crippen LogP contribution in [0.25, 0.3) is 0 Å². The smallest absolute Gasteiger partial charge is 0.264 e. The fourth-order valence-corrected chi connectivity index (χ4v) is 2.62. The summed E-state index contributed by atoms with van der Waals surface area (Å²) in [7, 11) is 0. The highest BCUT2D eigenvalue weighted by molar-refractivity contribution is 6.07. The molecule has 5 heteroatoms. The van der Waals surface area contributed by atoms with E-state index < -0.39 is 23.1 Å². The van der Waals surface area contributed by atoms with Crippen molar-refractivity contribution in [2.75, 3.05) is 17.2 Å². The van der Waals surface area contributed by atoms with Gasteiger partial charge >= 0.3 is 0 Å². The number of anilines is 2. The van der Waals surface area contributed by atoms with Crippen LogP contribution < -0.4 is 10.6 Å². The van der Waals surface area contributed by atoms with Gasteiger partial charge in [-0.3, -0.25) is 4.79 Å². The van der Waals surface area contributed by atoms with Crippen LogP contribution in [0.2, 0.25) is 0 Å². The molecule has 1 aliphatic rings. The van der Waals surface area contributed by atoms with Crippen LogP contribution in [0.5, 0.6) is 0 Å². The van der Waals surface area contributed by atoms with Gasteiger partial charge in [0.15, 0.2) is 0 Å². The second kappa shape index (κ2) is 4.84. The number of carbonyl (C=O) groups excluding carboxylic acids is 1. The summed E-state index contributed by atoms with van der Waals surface area (Å²) in [5.41, 5.74) is 8.43. The maximum absolute atomic E-state index is 13.8. The average molecular weight is 288 g/mol. The summed E-state index contributed by atoms with van der Waals surface area (Å²) in [5, 5.41) is 0. The third-order valence-electron chi connectivity index (χ3n) is 3.78. The molecule has 2 aromatic rings. The molecular formula is C16H14F2N2O. The Kier molecular flexibility index (Phi) is 3.12. The number of nitrogens with zero attached hydrogens (tertiary/aromatic N) is 1. The molecular weight excluding hydrogens is 274 g/mol. The molecule has 1 heterocycles. The third kappa shape index (κ3) is 2.14. The van der Waals surface area contributed by atoms with E-state index in [0.717, 1.165) is 23.3 Å². The van der Waals surface area contributed by atoms with Crippen LogP contribution in [0.1, 0.15) is 21.5 Å². The van der Waals surface area contributed by atoms with Gasteiger partial charge in [0.25, 0.3) is 5.91 Å². The van der Waals surface area contributed by atoms with Gasteiger partial charge in [-0.15, -0.1) is 0 Å². The SMILES string of the molecule is Cc1cc2c(cc1N)N(C(=O)c1c(F)cccc1F)CC2. The van der Waals surface area contributed by atoms with Gasteiger partial charge in [0, 0.05) is 17.9 Å². The van der Waals surface area contributed by atoms with E-state index in [1.807, 2.05) is 13.0 Å². The molecule has 3 nitrogen and oxygen atoms in total. The van der Waals surface area contributed by atoms with E-state index in [4.69, 9.17) is 5.73 Å². The molecule has 108 valence electrons. The van der Waals surface area contributed by atoms with Gasteiger partial charge in [-0.1, -0.05) is 12.1 Å². The van der Waals surface area contributed by atoms with Crippen LogP contribution in [0, 0.1) is 18.6 Å². The van der Waals surface area contributed by atoms with E-state index >= 15 is 0 Å². The lowest BCUT2D eigenvalue weighted by Gasteiger charge is -2.19. The first-order valence-corrected chi connectivity index (χ1v) is 6.64. The highest BCUT2D eigenvalue weighted by Gasteiger charge is 2.29. The van der Waals surface area contributed by atoms with Crippen molar-refractivity contribution in [3.63, 3.8) is 0 Å². The summed E-state index contributed by atoms with van der Waals surface area (Å²) < 4.78 is 27.5. The summed E-state index contributed by atoms with van der Waals surface area (Å²) in [5.74, 6) is -2.38. The van der Waals surface area contributed by atoms with E-state index in [0.29, 0.717) is 24.3 Å². The van der Waals surface area contributed by atoms with E-state index in [1.54, 1.807) is 6.07 Å². The zero-order chi connectivity index (χ0) is 15.1. The first-order chi connectivity index (χ1) is 9.99. The number of nitrogen functional groups attached to an aromatic ring is 1. The minimum absolute atomic E-state index is 0.394. The molecule has 21 heavy (non-hydrogen) atoms. The fraction of sp³-hybridized carbons (Fsp3) is 0.188. The molecule has 0 radical (unpaired) electrons. The molecule has 0 fully saturated rings. The maximum Gasteiger partial charge on any atom is 0.264 e. The van der Waals surface area contributed by atoms with Crippen LogP contribution in [0.3, 0.4) is 0 Å². The van der Waals surface area contributed by atoms with E-state index in [9.17, 15) is 13.6 Å². The normalized spacial score (nSPS) is 13.4. The molecule has 3 rings (SSSR count). The van der Waals surface area contributed by atoms with Crippen molar-refractivity contribution >= 4 is 17.3 Å². The molecule has 0 spiro atoms. The number of carbonyl (C=O) groups is 1. The Labute approximate surface area is 121 Å². The number of amides is 1. The Morgan fingerprint density at radius 2 is 1.90 bits per heavy atom. The van der Waals surface area contributed by atoms with Gasteiger partial charge in [0.1, 0.15) is 17.2 Å². The molecule has 0 aromatic heterocycles. The van der Waals surface area contributed by atoms with Crippen molar-refractivity contribution in [1.82, 2.24) is 0 Å². The lowest BCUT2D eigenvalue weighted by molar-refractivity contribution is 0.0981. The Hall–Kier alpha value is -2.43. The first-order valence-electron chi connectivity index (χ1n) is 6.64. The molecule has 0 unspecified atom stereocenters. The number of fused-ring (bicyclic) bond motifs is 1. The Bertz CT molecular complexity index is 723. The summed E-state index contributed by atoms with van der Waals surface area (Å²) in [4.78, 5) is 13.8. The van der Waals surface area contributed by atoms with E-state index in [2.05, 4.69) is 0 Å². The predicted molar refractivity (Wildman–Crippen MR) is 77.3 cm³/mol. The fourth-order valence-electron chi connectivity index (χ4n) is 2.62. The Morgan fingerprint density at radius 1 is 1.24 bits per heavy atom. The van der Waals surface area contributed by atoms with Gasteiger partial charge in [-0.05, 0) is 42.7 Å². The number of rotatable bonds is 1. The highest BCUT2D eigenvalue weighted by atomic mass is 19.1. The second-order valence-corrected chi connectivity index (χ2v) is 5.14. The average Bonchev–Trinajstić information content (AvgIpc) is 2.81. The Morgan fingerprint density at radius 3 is 2.57 bits per heavy atom. The van der Waals surface area contributed by atoms with Gasteiger partial charge in [-0.25, -0.2) is 8.78 Å². The molecule has 2 aromatic carbocycles. The van der Waals surface area contributed by atoms with Gasteiger partial charge in [0.05, 0.1) is 0 Å². The molecule has 0 bridgehead atoms. The van der Waals surface area contributed by atoms with Crippen LogP contribution in [-0.2, 0) is 6.42 Å². The molecule has 0 aliphatic carbocycles. The highest BCUT2D eigenvalue weighted by Crippen LogP contribution is 2.33. The quantitative estimate of drug-likeness (QED) is 0.820. The lowest BCUT2D eigenvalue weighted by atomic mass is 10.1. The van der Waals surface area contributed by atoms with Crippen LogP contribution >= 0.6 is 0 Å². The predicted octanol–water partition coefficient (Wildman–Crippen LogP) is 3.06. The van der Waals surface area contributed by atoms with Crippen molar-refractivity contribution in [1.29, 1.82) is 0 Å². The standard InChI is InChI=1S/C16H14F2N2O/c1-9-7-10-5-6-20(14(10)8-13(9)19)16(21)15-11(17)3-2-4-12(15)18/h2-4,7-8H,5-6,19H2,1H3. The number of halogens is 2. The number of aryl methyl sites for hydroxylation is 1. The zero-order valence-electron chi connectivity index (χ0n) is 11.5. The van der Waals surface area contributed by atoms with Crippen molar-refractivity contribution in [2.45, 2.75) is 13.3 Å². The summed E-state index contributed by atoms with van der Waals surface area (Å²) in [6.07, 6.45) is 0.651. The summed E-state index contributed by atoms with van der Waals surface area (Å²) in [6, 6.07) is 7.00. The van der Waals surface area contributed by atoms with Gasteiger partial charge in [-0.2, -0.15) is 0 Å². The number of hydrogen-bond donors (Lipinski definition) is 1. The van der Waals surface area contributed by atoms with Crippen molar-refractivity contribution < 1.29 is 13.6 Å². The van der Waals surface area contributed by atoms with Crippen LogP contribution in [0.15, 0.2) is 30.3 Å². The monoisotopic (exact) mass is 288 g/mol. The van der Waals surface area contributed by atoms with Crippen molar-refractivity contribution in [2.24, 2.45) is 0 Å². The molecule has 1 amide bonds.